The normalized spacial score (nSPS) is 12.6. The Kier molecular flexibility index (Phi) is 4.86. The number of aliphatic carboxylic acids is 1. The van der Waals surface area contributed by atoms with E-state index in [1.54, 1.807) is 39.1 Å². The molecule has 0 aliphatic rings. The van der Waals surface area contributed by atoms with Crippen LogP contribution in [-0.4, -0.2) is 28.1 Å². The summed E-state index contributed by atoms with van der Waals surface area (Å²) in [4.78, 5) is 26.8. The zero-order valence-corrected chi connectivity index (χ0v) is 11.3. The van der Waals surface area contributed by atoms with Crippen molar-refractivity contribution in [1.29, 1.82) is 0 Å². The van der Waals surface area contributed by atoms with Gasteiger partial charge in [0.25, 0.3) is 0 Å². The maximum Gasteiger partial charge on any atom is 0.326 e. The summed E-state index contributed by atoms with van der Waals surface area (Å²) in [6, 6.07) is 3.91. The molecule has 0 bridgehead atoms. The summed E-state index contributed by atoms with van der Waals surface area (Å²) < 4.78 is 0. The SMILES string of the molecule is CC(C)(C)C(NC(=O)NCc1ccccn1)C(=O)O. The number of carbonyl (C=O) groups excluding carboxylic acids is 1. The Morgan fingerprint density at radius 3 is 2.53 bits per heavy atom. The van der Waals surface area contributed by atoms with Crippen LogP contribution in [0.5, 0.6) is 0 Å². The van der Waals surface area contributed by atoms with Crippen molar-refractivity contribution in [3.8, 4) is 0 Å². The van der Waals surface area contributed by atoms with E-state index in [9.17, 15) is 9.59 Å². The van der Waals surface area contributed by atoms with Gasteiger partial charge in [0, 0.05) is 6.20 Å². The molecule has 0 spiro atoms. The van der Waals surface area contributed by atoms with Crippen molar-refractivity contribution >= 4 is 12.0 Å². The van der Waals surface area contributed by atoms with Crippen molar-refractivity contribution in [2.24, 2.45) is 5.41 Å². The van der Waals surface area contributed by atoms with Crippen molar-refractivity contribution in [2.75, 3.05) is 0 Å². The average molecular weight is 265 g/mol. The molecule has 1 rings (SSSR count). The fourth-order valence-electron chi connectivity index (χ4n) is 1.50. The Bertz CT molecular complexity index is 440. The van der Waals surface area contributed by atoms with Crippen LogP contribution >= 0.6 is 0 Å². The first-order valence-corrected chi connectivity index (χ1v) is 5.98. The number of pyridine rings is 1. The summed E-state index contributed by atoms with van der Waals surface area (Å²) in [7, 11) is 0. The molecule has 1 heterocycles. The largest absolute Gasteiger partial charge is 0.480 e. The number of carbonyl (C=O) groups is 2. The monoisotopic (exact) mass is 265 g/mol. The van der Waals surface area contributed by atoms with Gasteiger partial charge in [-0.3, -0.25) is 4.98 Å². The predicted molar refractivity (Wildman–Crippen MR) is 70.5 cm³/mol. The summed E-state index contributed by atoms with van der Waals surface area (Å²) in [5, 5.41) is 14.1. The highest BCUT2D eigenvalue weighted by molar-refractivity contribution is 5.83. The fourth-order valence-corrected chi connectivity index (χ4v) is 1.50. The van der Waals surface area contributed by atoms with Crippen LogP contribution in [-0.2, 0) is 11.3 Å². The van der Waals surface area contributed by atoms with Crippen molar-refractivity contribution in [3.05, 3.63) is 30.1 Å². The predicted octanol–water partition coefficient (Wildman–Crippen LogP) is 1.38. The molecule has 0 aliphatic heterocycles. The Morgan fingerprint density at radius 1 is 1.37 bits per heavy atom. The van der Waals surface area contributed by atoms with Crippen LogP contribution in [0.3, 0.4) is 0 Å². The first kappa shape index (κ1) is 14.9. The highest BCUT2D eigenvalue weighted by Crippen LogP contribution is 2.19. The lowest BCUT2D eigenvalue weighted by Crippen LogP contribution is -2.52. The van der Waals surface area contributed by atoms with Gasteiger partial charge in [-0.25, -0.2) is 9.59 Å². The zero-order chi connectivity index (χ0) is 14.5. The highest BCUT2D eigenvalue weighted by Gasteiger charge is 2.32. The van der Waals surface area contributed by atoms with Crippen LogP contribution in [0.15, 0.2) is 24.4 Å². The van der Waals surface area contributed by atoms with Crippen LogP contribution < -0.4 is 10.6 Å². The topological polar surface area (TPSA) is 91.3 Å². The van der Waals surface area contributed by atoms with Gasteiger partial charge in [-0.2, -0.15) is 0 Å². The molecule has 1 aromatic rings. The van der Waals surface area contributed by atoms with Crippen LogP contribution in [0.4, 0.5) is 4.79 Å². The van der Waals surface area contributed by atoms with Gasteiger partial charge in [-0.15, -0.1) is 0 Å². The molecule has 104 valence electrons. The molecule has 6 nitrogen and oxygen atoms in total. The number of hydrogen-bond donors (Lipinski definition) is 3. The second kappa shape index (κ2) is 6.17. The molecule has 0 radical (unpaired) electrons. The number of hydrogen-bond acceptors (Lipinski definition) is 3. The second-order valence-electron chi connectivity index (χ2n) is 5.29. The van der Waals surface area contributed by atoms with Crippen molar-refractivity contribution in [1.82, 2.24) is 15.6 Å². The third-order valence-electron chi connectivity index (χ3n) is 2.54. The lowest BCUT2D eigenvalue weighted by molar-refractivity contribution is -0.141. The third kappa shape index (κ3) is 4.95. The van der Waals surface area contributed by atoms with E-state index < -0.39 is 23.5 Å². The Morgan fingerprint density at radius 2 is 2.05 bits per heavy atom. The van der Waals surface area contributed by atoms with Gasteiger partial charge in [-0.05, 0) is 17.5 Å². The van der Waals surface area contributed by atoms with E-state index in [-0.39, 0.29) is 6.54 Å². The summed E-state index contributed by atoms with van der Waals surface area (Å²) in [5.41, 5.74) is 0.147. The van der Waals surface area contributed by atoms with E-state index in [1.807, 2.05) is 6.07 Å². The van der Waals surface area contributed by atoms with E-state index in [4.69, 9.17) is 5.11 Å². The van der Waals surface area contributed by atoms with Crippen LogP contribution in [0.2, 0.25) is 0 Å². The molecule has 0 saturated carbocycles. The summed E-state index contributed by atoms with van der Waals surface area (Å²) in [6.45, 7) is 5.52. The van der Waals surface area contributed by atoms with Gasteiger partial charge in [0.05, 0.1) is 12.2 Å². The van der Waals surface area contributed by atoms with Crippen LogP contribution in [0.1, 0.15) is 26.5 Å². The Hall–Kier alpha value is -2.11. The summed E-state index contributed by atoms with van der Waals surface area (Å²) >= 11 is 0. The first-order valence-electron chi connectivity index (χ1n) is 5.98. The molecule has 0 saturated heterocycles. The third-order valence-corrected chi connectivity index (χ3v) is 2.54. The van der Waals surface area contributed by atoms with E-state index in [0.29, 0.717) is 5.69 Å². The van der Waals surface area contributed by atoms with E-state index in [2.05, 4.69) is 15.6 Å². The molecular weight excluding hydrogens is 246 g/mol. The van der Waals surface area contributed by atoms with Crippen LogP contribution in [0, 0.1) is 5.41 Å². The summed E-state index contributed by atoms with van der Waals surface area (Å²) in [5.74, 6) is -1.06. The number of urea groups is 1. The molecule has 19 heavy (non-hydrogen) atoms. The number of carboxylic acids is 1. The average Bonchev–Trinajstić information content (AvgIpc) is 2.33. The van der Waals surface area contributed by atoms with E-state index in [0.717, 1.165) is 0 Å². The van der Waals surface area contributed by atoms with Crippen molar-refractivity contribution in [3.63, 3.8) is 0 Å². The number of carboxylic acid groups (broad SMARTS) is 1. The lowest BCUT2D eigenvalue weighted by atomic mass is 9.87. The summed E-state index contributed by atoms with van der Waals surface area (Å²) in [6.07, 6.45) is 1.63. The van der Waals surface area contributed by atoms with Gasteiger partial charge in [0.2, 0.25) is 0 Å². The van der Waals surface area contributed by atoms with E-state index in [1.165, 1.54) is 0 Å². The Balaban J connectivity index is 2.52. The molecule has 2 amide bonds. The molecule has 0 aliphatic carbocycles. The minimum absolute atomic E-state index is 0.253. The minimum Gasteiger partial charge on any atom is -0.480 e. The zero-order valence-electron chi connectivity index (χ0n) is 11.3. The maximum absolute atomic E-state index is 11.7. The number of rotatable bonds is 4. The van der Waals surface area contributed by atoms with E-state index >= 15 is 0 Å². The maximum atomic E-state index is 11.7. The van der Waals surface area contributed by atoms with Gasteiger partial charge in [0.15, 0.2) is 0 Å². The fraction of sp³-hybridized carbons (Fsp3) is 0.462. The van der Waals surface area contributed by atoms with Crippen LogP contribution in [0.25, 0.3) is 0 Å². The first-order chi connectivity index (χ1) is 8.80. The lowest BCUT2D eigenvalue weighted by Gasteiger charge is -2.27. The van der Waals surface area contributed by atoms with Gasteiger partial charge in [-0.1, -0.05) is 26.8 Å². The smallest absolute Gasteiger partial charge is 0.326 e. The van der Waals surface area contributed by atoms with Gasteiger partial charge < -0.3 is 15.7 Å². The molecule has 6 heteroatoms. The number of amides is 2. The molecule has 0 aromatic carbocycles. The standard InChI is InChI=1S/C13H19N3O3/c1-13(2,3)10(11(17)18)16-12(19)15-8-9-6-4-5-7-14-9/h4-7,10H,8H2,1-3H3,(H,17,18)(H2,15,16,19). The van der Waals surface area contributed by atoms with Crippen molar-refractivity contribution in [2.45, 2.75) is 33.4 Å². The molecule has 1 aromatic heterocycles. The Labute approximate surface area is 112 Å². The quantitative estimate of drug-likeness (QED) is 0.767. The second-order valence-corrected chi connectivity index (χ2v) is 5.29. The number of nitrogens with zero attached hydrogens (tertiary/aromatic N) is 1. The van der Waals surface area contributed by atoms with Gasteiger partial charge in [0.1, 0.15) is 6.04 Å². The molecular formula is C13H19N3O3. The minimum atomic E-state index is -1.06. The number of aromatic nitrogens is 1. The highest BCUT2D eigenvalue weighted by atomic mass is 16.4. The molecule has 1 atom stereocenters. The number of nitrogens with one attached hydrogen (secondary N) is 2. The molecule has 3 N–H and O–H groups in total. The molecule has 0 fully saturated rings. The van der Waals surface area contributed by atoms with Crippen molar-refractivity contribution < 1.29 is 14.7 Å². The van der Waals surface area contributed by atoms with Gasteiger partial charge >= 0.3 is 12.0 Å². The molecule has 1 unspecified atom stereocenters.